The minimum atomic E-state index is -0.220. The zero-order valence-corrected chi connectivity index (χ0v) is 17.4. The lowest BCUT2D eigenvalue weighted by atomic mass is 10.1. The Hall–Kier alpha value is -1.73. The molecule has 0 unspecified atom stereocenters. The molecule has 1 aliphatic heterocycles. The van der Waals surface area contributed by atoms with Gasteiger partial charge in [-0.15, -0.1) is 0 Å². The van der Waals surface area contributed by atoms with Crippen LogP contribution in [0.25, 0.3) is 6.08 Å². The number of ether oxygens (including phenoxy) is 2. The van der Waals surface area contributed by atoms with Crippen molar-refractivity contribution in [2.45, 2.75) is 13.5 Å². The van der Waals surface area contributed by atoms with Gasteiger partial charge >= 0.3 is 0 Å². The average Bonchev–Trinajstić information content (AvgIpc) is 2.93. The van der Waals surface area contributed by atoms with Crippen molar-refractivity contribution in [3.8, 4) is 11.5 Å². The van der Waals surface area contributed by atoms with Gasteiger partial charge in [0.05, 0.1) is 16.5 Å². The molecule has 27 heavy (non-hydrogen) atoms. The second-order valence-electron chi connectivity index (χ2n) is 5.53. The topological polar surface area (TPSA) is 47.6 Å². The van der Waals surface area contributed by atoms with Crippen molar-refractivity contribution in [2.75, 3.05) is 6.61 Å². The summed E-state index contributed by atoms with van der Waals surface area (Å²) in [6.07, 6.45) is 1.72. The quantitative estimate of drug-likeness (QED) is 0.478. The number of thioether (sulfide) groups is 1. The molecule has 3 rings (SSSR count). The van der Waals surface area contributed by atoms with Crippen LogP contribution in [-0.2, 0) is 11.4 Å². The first-order valence-corrected chi connectivity index (χ1v) is 10.0. The predicted octanol–water partition coefficient (Wildman–Crippen LogP) is 5.46. The lowest BCUT2D eigenvalue weighted by Crippen LogP contribution is -2.17. The van der Waals surface area contributed by atoms with E-state index in [1.54, 1.807) is 30.3 Å². The lowest BCUT2D eigenvalue weighted by Gasteiger charge is -2.15. The summed E-state index contributed by atoms with van der Waals surface area (Å²) in [5.74, 6) is 0.744. The first-order valence-electron chi connectivity index (χ1n) is 8.04. The van der Waals surface area contributed by atoms with Crippen LogP contribution >= 0.6 is 47.2 Å². The van der Waals surface area contributed by atoms with Gasteiger partial charge in [0.1, 0.15) is 10.9 Å². The van der Waals surface area contributed by atoms with Crippen LogP contribution in [0.1, 0.15) is 18.1 Å². The molecule has 1 saturated heterocycles. The molecule has 1 aliphatic rings. The van der Waals surface area contributed by atoms with Crippen LogP contribution in [0, 0.1) is 0 Å². The number of thiocarbonyl (C=S) groups is 1. The van der Waals surface area contributed by atoms with E-state index in [4.69, 9.17) is 44.9 Å². The van der Waals surface area contributed by atoms with E-state index < -0.39 is 0 Å². The molecule has 0 saturated carbocycles. The summed E-state index contributed by atoms with van der Waals surface area (Å²) >= 11 is 18.5. The zero-order valence-electron chi connectivity index (χ0n) is 14.3. The zero-order chi connectivity index (χ0) is 19.4. The van der Waals surface area contributed by atoms with E-state index >= 15 is 0 Å². The van der Waals surface area contributed by atoms with E-state index in [9.17, 15) is 4.79 Å². The molecular weight excluding hydrogens is 425 g/mol. The van der Waals surface area contributed by atoms with Gasteiger partial charge in [0.2, 0.25) is 0 Å². The molecule has 0 aromatic heterocycles. The molecule has 4 nitrogen and oxygen atoms in total. The van der Waals surface area contributed by atoms with Crippen LogP contribution in [0.15, 0.2) is 41.3 Å². The van der Waals surface area contributed by atoms with Crippen molar-refractivity contribution >= 4 is 63.5 Å². The third-order valence-electron chi connectivity index (χ3n) is 3.57. The van der Waals surface area contributed by atoms with Gasteiger partial charge in [0, 0.05) is 5.02 Å². The number of carbonyl (C=O) groups is 1. The van der Waals surface area contributed by atoms with Crippen LogP contribution in [0.2, 0.25) is 10.0 Å². The highest BCUT2D eigenvalue weighted by atomic mass is 35.5. The molecule has 0 radical (unpaired) electrons. The minimum absolute atomic E-state index is 0.220. The maximum atomic E-state index is 11.8. The fourth-order valence-corrected chi connectivity index (χ4v) is 3.83. The van der Waals surface area contributed by atoms with Crippen molar-refractivity contribution < 1.29 is 14.3 Å². The van der Waals surface area contributed by atoms with E-state index in [0.717, 1.165) is 11.1 Å². The van der Waals surface area contributed by atoms with Crippen molar-refractivity contribution in [2.24, 2.45) is 0 Å². The second-order valence-corrected chi connectivity index (χ2v) is 8.09. The van der Waals surface area contributed by atoms with Crippen LogP contribution < -0.4 is 14.8 Å². The Balaban J connectivity index is 1.85. The number of benzene rings is 2. The van der Waals surface area contributed by atoms with Gasteiger partial charge in [-0.1, -0.05) is 59.3 Å². The number of hydrogen-bond donors (Lipinski definition) is 1. The van der Waals surface area contributed by atoms with Crippen molar-refractivity contribution in [1.82, 2.24) is 5.32 Å². The second kappa shape index (κ2) is 8.97. The number of carbonyl (C=O) groups excluding carboxylic acids is 1. The van der Waals surface area contributed by atoms with Gasteiger partial charge in [-0.05, 0) is 48.4 Å². The highest BCUT2D eigenvalue weighted by Crippen LogP contribution is 2.38. The van der Waals surface area contributed by atoms with Gasteiger partial charge < -0.3 is 14.8 Å². The van der Waals surface area contributed by atoms with Crippen LogP contribution in [0.3, 0.4) is 0 Å². The average molecular weight is 440 g/mol. The smallest absolute Gasteiger partial charge is 0.263 e. The first kappa shape index (κ1) is 20.0. The van der Waals surface area contributed by atoms with Crippen molar-refractivity contribution in [3.63, 3.8) is 0 Å². The molecule has 0 bridgehead atoms. The Kier molecular flexibility index (Phi) is 6.65. The van der Waals surface area contributed by atoms with Crippen LogP contribution in [0.4, 0.5) is 0 Å². The van der Waals surface area contributed by atoms with E-state index in [0.29, 0.717) is 44.0 Å². The van der Waals surface area contributed by atoms with E-state index in [1.807, 2.05) is 19.1 Å². The third kappa shape index (κ3) is 5.17. The molecule has 140 valence electrons. The number of halogens is 2. The molecule has 0 spiro atoms. The summed E-state index contributed by atoms with van der Waals surface area (Å²) in [5, 5.41) is 3.64. The summed E-state index contributed by atoms with van der Waals surface area (Å²) in [5.41, 5.74) is 1.68. The van der Waals surface area contributed by atoms with Gasteiger partial charge in [0.15, 0.2) is 11.5 Å². The normalized spacial score (nSPS) is 15.1. The highest BCUT2D eigenvalue weighted by Gasteiger charge is 2.22. The molecule has 0 aliphatic carbocycles. The Labute approximate surface area is 176 Å². The first-order chi connectivity index (χ1) is 13.0. The summed E-state index contributed by atoms with van der Waals surface area (Å²) in [4.78, 5) is 12.4. The summed E-state index contributed by atoms with van der Waals surface area (Å²) in [7, 11) is 0. The molecule has 2 aromatic carbocycles. The summed E-state index contributed by atoms with van der Waals surface area (Å²) in [6, 6.07) is 10.9. The SMILES string of the molecule is CCOc1cc(/C=C2\SC(=S)NC2=O)cc(Cl)c1OCc1ccc(Cl)cc1. The molecule has 1 N–H and O–H groups in total. The fourth-order valence-electron chi connectivity index (χ4n) is 2.38. The van der Waals surface area contributed by atoms with E-state index in [2.05, 4.69) is 5.32 Å². The van der Waals surface area contributed by atoms with Gasteiger partial charge in [-0.3, -0.25) is 4.79 Å². The predicted molar refractivity (Wildman–Crippen MR) is 115 cm³/mol. The molecular formula is C19H15Cl2NO3S2. The Morgan fingerprint density at radius 2 is 1.93 bits per heavy atom. The van der Waals surface area contributed by atoms with E-state index in [-0.39, 0.29) is 5.91 Å². The third-order valence-corrected chi connectivity index (χ3v) is 5.26. The maximum absolute atomic E-state index is 11.8. The number of hydrogen-bond acceptors (Lipinski definition) is 5. The minimum Gasteiger partial charge on any atom is -0.490 e. The molecule has 0 atom stereocenters. The summed E-state index contributed by atoms with van der Waals surface area (Å²) in [6.45, 7) is 2.65. The number of amides is 1. The Morgan fingerprint density at radius 1 is 1.19 bits per heavy atom. The Morgan fingerprint density at radius 3 is 2.56 bits per heavy atom. The van der Waals surface area contributed by atoms with Crippen LogP contribution in [0.5, 0.6) is 11.5 Å². The standard InChI is InChI=1S/C19H15Cl2NO3S2/c1-2-24-15-8-12(9-16-18(23)22-19(26)27-16)7-14(21)17(15)25-10-11-3-5-13(20)6-4-11/h3-9H,2,10H2,1H3,(H,22,23,26)/b16-9-. The molecule has 1 amide bonds. The van der Waals surface area contributed by atoms with Crippen molar-refractivity contribution in [3.05, 3.63) is 62.5 Å². The van der Waals surface area contributed by atoms with Crippen LogP contribution in [-0.4, -0.2) is 16.8 Å². The Bertz CT molecular complexity index is 914. The lowest BCUT2D eigenvalue weighted by molar-refractivity contribution is -0.115. The van der Waals surface area contributed by atoms with E-state index in [1.165, 1.54) is 11.8 Å². The summed E-state index contributed by atoms with van der Waals surface area (Å²) < 4.78 is 12.0. The highest BCUT2D eigenvalue weighted by molar-refractivity contribution is 8.26. The molecule has 2 aromatic rings. The maximum Gasteiger partial charge on any atom is 0.263 e. The monoisotopic (exact) mass is 439 g/mol. The molecule has 1 fully saturated rings. The van der Waals surface area contributed by atoms with Gasteiger partial charge in [0.25, 0.3) is 5.91 Å². The largest absolute Gasteiger partial charge is 0.490 e. The fraction of sp³-hybridized carbons (Fsp3) is 0.158. The molecule has 1 heterocycles. The van der Waals surface area contributed by atoms with Gasteiger partial charge in [-0.25, -0.2) is 0 Å². The molecule has 8 heteroatoms. The number of rotatable bonds is 6. The van der Waals surface area contributed by atoms with Gasteiger partial charge in [-0.2, -0.15) is 0 Å². The number of nitrogens with one attached hydrogen (secondary N) is 1. The van der Waals surface area contributed by atoms with Crippen molar-refractivity contribution in [1.29, 1.82) is 0 Å².